The summed E-state index contributed by atoms with van der Waals surface area (Å²) in [4.78, 5) is 39.9. The summed E-state index contributed by atoms with van der Waals surface area (Å²) >= 11 is 1.77. The number of piperidine rings is 1. The first kappa shape index (κ1) is 24.4. The van der Waals surface area contributed by atoms with E-state index >= 15 is 0 Å². The minimum atomic E-state index is -0.573. The molecule has 0 aromatic heterocycles. The Bertz CT molecular complexity index is 1270. The van der Waals surface area contributed by atoms with Gasteiger partial charge in [0.05, 0.1) is 0 Å². The minimum Gasteiger partial charge on any atom is -0.322 e. The number of rotatable bonds is 7. The number of aryl methyl sites for hydroxylation is 1. The number of benzene rings is 2. The van der Waals surface area contributed by atoms with Crippen LogP contribution in [-0.2, 0) is 28.3 Å². The van der Waals surface area contributed by atoms with Gasteiger partial charge in [0.25, 0.3) is 5.91 Å². The van der Waals surface area contributed by atoms with Gasteiger partial charge in [0.15, 0.2) is 0 Å². The molecule has 0 radical (unpaired) electrons. The van der Waals surface area contributed by atoms with Crippen molar-refractivity contribution in [2.24, 2.45) is 23.2 Å². The molecule has 2 aromatic rings. The summed E-state index contributed by atoms with van der Waals surface area (Å²) in [5, 5.41) is 2.39. The lowest BCUT2D eigenvalue weighted by molar-refractivity contribution is -0.136. The largest absolute Gasteiger partial charge is 0.322 e. The lowest BCUT2D eigenvalue weighted by Crippen LogP contribution is -2.52. The van der Waals surface area contributed by atoms with Crippen LogP contribution in [0.4, 0.5) is 0 Å². The quantitative estimate of drug-likeness (QED) is 0.360. The van der Waals surface area contributed by atoms with E-state index in [0.29, 0.717) is 23.9 Å². The van der Waals surface area contributed by atoms with E-state index in [9.17, 15) is 14.4 Å². The highest BCUT2D eigenvalue weighted by atomic mass is 32.2. The number of nitrogens with one attached hydrogen (secondary N) is 1. The summed E-state index contributed by atoms with van der Waals surface area (Å²) < 4.78 is 0. The average Bonchev–Trinajstić information content (AvgIpc) is 3.22. The highest BCUT2D eigenvalue weighted by Crippen LogP contribution is 2.61. The molecule has 5 fully saturated rings. The maximum atomic E-state index is 13.1. The summed E-state index contributed by atoms with van der Waals surface area (Å²) in [5.74, 6) is 3.16. The molecule has 1 unspecified atom stereocenters. The zero-order valence-corrected chi connectivity index (χ0v) is 22.7. The van der Waals surface area contributed by atoms with Crippen LogP contribution >= 0.6 is 11.8 Å². The Morgan fingerprint density at radius 2 is 1.63 bits per heavy atom. The van der Waals surface area contributed by atoms with Crippen LogP contribution in [0.5, 0.6) is 0 Å². The summed E-state index contributed by atoms with van der Waals surface area (Å²) in [7, 11) is 0. The van der Waals surface area contributed by atoms with Gasteiger partial charge < -0.3 is 4.90 Å². The van der Waals surface area contributed by atoms with Crippen molar-refractivity contribution in [1.82, 2.24) is 10.2 Å². The molecule has 198 valence electrons. The van der Waals surface area contributed by atoms with Gasteiger partial charge in [-0.2, -0.15) is 0 Å². The van der Waals surface area contributed by atoms with E-state index < -0.39 is 6.04 Å². The highest BCUT2D eigenvalue weighted by Gasteiger charge is 2.50. The molecule has 4 aliphatic carbocycles. The topological polar surface area (TPSA) is 66.5 Å². The second kappa shape index (κ2) is 9.55. The predicted molar refractivity (Wildman–Crippen MR) is 147 cm³/mol. The standard InChI is InChI=1S/C32H36N2O3S/c35-29-8-7-27(30(36)33-29)34-18-26-25(31(34)37)5-2-6-28(26)38-19-21-4-1-3-20(11-21)9-10-32-15-22-12-23(16-32)14-24(13-22)17-32/h1-6,11,22-24,27H,7-10,12-19H2,(H,33,35,36). The third-order valence-corrected chi connectivity index (χ3v) is 11.2. The number of hydrogen-bond acceptors (Lipinski definition) is 4. The Balaban J connectivity index is 1.01. The van der Waals surface area contributed by atoms with Crippen molar-refractivity contribution < 1.29 is 14.4 Å². The van der Waals surface area contributed by atoms with Crippen molar-refractivity contribution >= 4 is 29.5 Å². The Hall–Kier alpha value is -2.60. The normalized spacial score (nSPS) is 31.6. The zero-order valence-electron chi connectivity index (χ0n) is 21.9. The molecule has 1 saturated heterocycles. The molecule has 2 heterocycles. The number of thioether (sulfide) groups is 1. The second-order valence-corrected chi connectivity index (χ2v) is 13.7. The number of imide groups is 1. The number of carbonyl (C=O) groups excluding carboxylic acids is 3. The number of fused-ring (bicyclic) bond motifs is 1. The molecule has 38 heavy (non-hydrogen) atoms. The van der Waals surface area contributed by atoms with Crippen LogP contribution in [0.3, 0.4) is 0 Å². The fourth-order valence-corrected chi connectivity index (χ4v) is 9.76. The number of nitrogens with zero attached hydrogens (tertiary/aromatic N) is 1. The van der Waals surface area contributed by atoms with Crippen molar-refractivity contribution in [1.29, 1.82) is 0 Å². The van der Waals surface area contributed by atoms with Crippen molar-refractivity contribution in [3.8, 4) is 0 Å². The van der Waals surface area contributed by atoms with Crippen molar-refractivity contribution in [2.45, 2.75) is 87.4 Å². The van der Waals surface area contributed by atoms with Crippen molar-refractivity contribution in [3.63, 3.8) is 0 Å². The summed E-state index contributed by atoms with van der Waals surface area (Å²) in [6, 6.07) is 14.4. The predicted octanol–water partition coefficient (Wildman–Crippen LogP) is 5.89. The lowest BCUT2D eigenvalue weighted by atomic mass is 9.48. The summed E-state index contributed by atoms with van der Waals surface area (Å²) in [6.07, 6.45) is 12.1. The maximum absolute atomic E-state index is 13.1. The monoisotopic (exact) mass is 528 g/mol. The van der Waals surface area contributed by atoms with E-state index in [1.54, 1.807) is 16.7 Å². The van der Waals surface area contributed by atoms with Crippen LogP contribution in [0.25, 0.3) is 0 Å². The van der Waals surface area contributed by atoms with Gasteiger partial charge in [-0.05, 0) is 110 Å². The Morgan fingerprint density at radius 1 is 0.921 bits per heavy atom. The van der Waals surface area contributed by atoms with Crippen LogP contribution in [-0.4, -0.2) is 28.7 Å². The molecular formula is C32H36N2O3S. The van der Waals surface area contributed by atoms with Gasteiger partial charge in [0, 0.05) is 29.2 Å². The zero-order chi connectivity index (χ0) is 25.9. The number of hydrogen-bond donors (Lipinski definition) is 1. The van der Waals surface area contributed by atoms with Gasteiger partial charge in [-0.15, -0.1) is 11.8 Å². The van der Waals surface area contributed by atoms with Gasteiger partial charge >= 0.3 is 0 Å². The fourth-order valence-electron chi connectivity index (χ4n) is 8.73. The average molecular weight is 529 g/mol. The SMILES string of the molecule is O=C1CCC(N2Cc3c(SCc4cccc(CCC56CC7CC(CC(C7)C5)C6)c4)cccc3C2=O)C(=O)N1. The first-order chi connectivity index (χ1) is 18.4. The second-order valence-electron chi connectivity index (χ2n) is 12.7. The van der Waals surface area contributed by atoms with Crippen molar-refractivity contribution in [2.75, 3.05) is 0 Å². The molecule has 5 nitrogen and oxygen atoms in total. The first-order valence-electron chi connectivity index (χ1n) is 14.4. The first-order valence-corrected chi connectivity index (χ1v) is 15.4. The van der Waals surface area contributed by atoms with Crippen LogP contribution in [0.1, 0.15) is 84.8 Å². The Kier molecular flexibility index (Phi) is 6.14. The molecule has 2 aromatic carbocycles. The van der Waals surface area contributed by atoms with E-state index in [2.05, 4.69) is 35.6 Å². The fraction of sp³-hybridized carbons (Fsp3) is 0.531. The van der Waals surface area contributed by atoms with Gasteiger partial charge in [0.2, 0.25) is 11.8 Å². The van der Waals surface area contributed by atoms with Gasteiger partial charge in [-0.1, -0.05) is 30.3 Å². The summed E-state index contributed by atoms with van der Waals surface area (Å²) in [5.41, 5.74) is 5.08. The Labute approximate surface area is 229 Å². The third-order valence-electron chi connectivity index (χ3n) is 10.0. The summed E-state index contributed by atoms with van der Waals surface area (Å²) in [6.45, 7) is 0.425. The van der Waals surface area contributed by atoms with Crippen LogP contribution in [0, 0.1) is 23.2 Å². The lowest BCUT2D eigenvalue weighted by Gasteiger charge is -2.57. The molecule has 4 saturated carbocycles. The molecule has 0 spiro atoms. The molecule has 6 aliphatic rings. The Morgan fingerprint density at radius 3 is 2.37 bits per heavy atom. The van der Waals surface area contributed by atoms with Crippen molar-refractivity contribution in [3.05, 3.63) is 64.7 Å². The molecule has 6 heteroatoms. The molecular weight excluding hydrogens is 492 g/mol. The molecule has 1 N–H and O–H groups in total. The molecule has 4 bridgehead atoms. The van der Waals surface area contributed by atoms with E-state index in [4.69, 9.17) is 0 Å². The third kappa shape index (κ3) is 4.49. The maximum Gasteiger partial charge on any atom is 0.255 e. The van der Waals surface area contributed by atoms with Gasteiger partial charge in [0.1, 0.15) is 6.04 Å². The van der Waals surface area contributed by atoms with Crippen LogP contribution < -0.4 is 5.32 Å². The molecule has 1 atom stereocenters. The minimum absolute atomic E-state index is 0.108. The molecule has 3 amide bonds. The van der Waals surface area contributed by atoms with Gasteiger partial charge in [-0.3, -0.25) is 19.7 Å². The van der Waals surface area contributed by atoms with E-state index in [1.165, 1.54) is 62.5 Å². The number of carbonyl (C=O) groups is 3. The molecule has 8 rings (SSSR count). The smallest absolute Gasteiger partial charge is 0.255 e. The number of amides is 3. The van der Waals surface area contributed by atoms with E-state index in [0.717, 1.165) is 34.0 Å². The highest BCUT2D eigenvalue weighted by molar-refractivity contribution is 7.98. The van der Waals surface area contributed by atoms with Gasteiger partial charge in [-0.25, -0.2) is 0 Å². The van der Waals surface area contributed by atoms with Crippen LogP contribution in [0.2, 0.25) is 0 Å². The van der Waals surface area contributed by atoms with E-state index in [-0.39, 0.29) is 24.1 Å². The molecule has 2 aliphatic heterocycles. The van der Waals surface area contributed by atoms with E-state index in [1.807, 2.05) is 12.1 Å². The van der Waals surface area contributed by atoms with Crippen LogP contribution in [0.15, 0.2) is 47.4 Å².